The molecule has 1 aromatic carbocycles. The van der Waals surface area contributed by atoms with Crippen LogP contribution in [0.5, 0.6) is 0 Å². The number of aromatic nitrogens is 2. The first-order valence-electron chi connectivity index (χ1n) is 5.77. The van der Waals surface area contributed by atoms with Crippen LogP contribution in [0, 0.1) is 0 Å². The minimum Gasteiger partial charge on any atom is -0.313 e. The maximum Gasteiger partial charge on any atom is 0.179 e. The van der Waals surface area contributed by atoms with Crippen LogP contribution in [0.15, 0.2) is 36.2 Å². The summed E-state index contributed by atoms with van der Waals surface area (Å²) in [5.74, 6) is 0. The largest absolute Gasteiger partial charge is 0.313 e. The van der Waals surface area contributed by atoms with E-state index in [1.165, 1.54) is 10.5 Å². The van der Waals surface area contributed by atoms with E-state index >= 15 is 0 Å². The molecule has 0 saturated carbocycles. The molecule has 1 N–H and O–H groups in total. The van der Waals surface area contributed by atoms with Gasteiger partial charge >= 0.3 is 0 Å². The van der Waals surface area contributed by atoms with Crippen molar-refractivity contribution in [3.63, 3.8) is 0 Å². The predicted octanol–water partition coefficient (Wildman–Crippen LogP) is 4.28. The predicted molar refractivity (Wildman–Crippen MR) is 87.3 cm³/mol. The highest BCUT2D eigenvalue weighted by molar-refractivity contribution is 9.10. The van der Waals surface area contributed by atoms with Crippen molar-refractivity contribution in [2.24, 2.45) is 0 Å². The molecule has 0 unspecified atom stereocenters. The fraction of sp³-hybridized carbons (Fsp3) is 0.333. The second-order valence-electron chi connectivity index (χ2n) is 3.67. The molecule has 0 aliphatic heterocycles. The van der Waals surface area contributed by atoms with Gasteiger partial charge in [0.2, 0.25) is 0 Å². The minimum atomic E-state index is 0.875. The zero-order valence-corrected chi connectivity index (χ0v) is 14.7. The van der Waals surface area contributed by atoms with Crippen LogP contribution in [0.4, 0.5) is 0 Å². The van der Waals surface area contributed by atoms with Crippen LogP contribution in [0.2, 0.25) is 0 Å². The Hall–Kier alpha value is -0.0800. The highest BCUT2D eigenvalue weighted by atomic mass is 79.9. The van der Waals surface area contributed by atoms with Gasteiger partial charge in [-0.2, -0.15) is 0 Å². The maximum atomic E-state index is 4.21. The number of halogens is 1. The molecule has 3 nitrogen and oxygen atoms in total. The number of hydrogen-bond acceptors (Lipinski definition) is 6. The van der Waals surface area contributed by atoms with Crippen molar-refractivity contribution in [2.75, 3.05) is 12.8 Å². The fourth-order valence-corrected chi connectivity index (χ4v) is 4.52. The molecule has 2 rings (SSSR count). The molecule has 0 amide bonds. The summed E-state index contributed by atoms with van der Waals surface area (Å²) in [7, 11) is 0. The third-order valence-corrected chi connectivity index (χ3v) is 5.90. The highest BCUT2D eigenvalue weighted by Gasteiger charge is 2.09. The van der Waals surface area contributed by atoms with E-state index in [0.29, 0.717) is 0 Å². The van der Waals surface area contributed by atoms with E-state index in [1.54, 1.807) is 34.9 Å². The van der Waals surface area contributed by atoms with Gasteiger partial charge in [0.15, 0.2) is 8.68 Å². The molecule has 1 heterocycles. The van der Waals surface area contributed by atoms with Gasteiger partial charge in [-0.15, -0.1) is 10.2 Å². The SMILES string of the molecule is CCNCc1ccc(Br)cc1Sc1nnc(SC)s1. The normalized spacial score (nSPS) is 10.9. The van der Waals surface area contributed by atoms with Gasteiger partial charge < -0.3 is 5.32 Å². The third-order valence-electron chi connectivity index (χ3n) is 2.35. The van der Waals surface area contributed by atoms with E-state index in [2.05, 4.69) is 56.6 Å². The molecule has 0 bridgehead atoms. The summed E-state index contributed by atoms with van der Waals surface area (Å²) >= 11 is 8.47. The Kier molecular flexibility index (Phi) is 6.15. The van der Waals surface area contributed by atoms with Crippen LogP contribution >= 0.6 is 50.8 Å². The molecule has 0 aliphatic carbocycles. The van der Waals surface area contributed by atoms with Crippen molar-refractivity contribution >= 4 is 50.8 Å². The standard InChI is InChI=1S/C12H14BrN3S3/c1-3-14-7-8-4-5-9(13)6-10(8)18-12-16-15-11(17-2)19-12/h4-6,14H,3,7H2,1-2H3. The lowest BCUT2D eigenvalue weighted by Crippen LogP contribution is -2.12. The van der Waals surface area contributed by atoms with Gasteiger partial charge in [0.1, 0.15) is 0 Å². The fourth-order valence-electron chi connectivity index (χ4n) is 1.44. The van der Waals surface area contributed by atoms with Gasteiger partial charge in [0, 0.05) is 15.9 Å². The molecular weight excluding hydrogens is 362 g/mol. The molecule has 0 spiro atoms. The monoisotopic (exact) mass is 375 g/mol. The first kappa shape index (κ1) is 15.3. The second-order valence-corrected chi connectivity index (χ2v) is 7.91. The number of hydrogen-bond donors (Lipinski definition) is 1. The summed E-state index contributed by atoms with van der Waals surface area (Å²) in [6.07, 6.45) is 2.02. The van der Waals surface area contributed by atoms with Crippen LogP contribution in [0.25, 0.3) is 0 Å². The van der Waals surface area contributed by atoms with E-state index in [9.17, 15) is 0 Å². The number of benzene rings is 1. The Morgan fingerprint density at radius 3 is 2.79 bits per heavy atom. The van der Waals surface area contributed by atoms with Gasteiger partial charge in [0.05, 0.1) is 0 Å². The molecule has 0 aliphatic rings. The Morgan fingerprint density at radius 2 is 2.11 bits per heavy atom. The van der Waals surface area contributed by atoms with E-state index in [0.717, 1.165) is 26.2 Å². The van der Waals surface area contributed by atoms with Crippen LogP contribution in [0.1, 0.15) is 12.5 Å². The summed E-state index contributed by atoms with van der Waals surface area (Å²) in [6.45, 7) is 3.96. The molecule has 102 valence electrons. The Labute approximate surface area is 134 Å². The minimum absolute atomic E-state index is 0.875. The molecule has 0 fully saturated rings. The number of rotatable bonds is 6. The average molecular weight is 376 g/mol. The Morgan fingerprint density at radius 1 is 1.32 bits per heavy atom. The molecule has 2 aromatic rings. The lowest BCUT2D eigenvalue weighted by atomic mass is 10.2. The first-order valence-corrected chi connectivity index (χ1v) is 9.42. The van der Waals surface area contributed by atoms with Crippen LogP contribution in [-0.2, 0) is 6.54 Å². The topological polar surface area (TPSA) is 37.8 Å². The second kappa shape index (κ2) is 7.64. The lowest BCUT2D eigenvalue weighted by molar-refractivity contribution is 0.717. The zero-order chi connectivity index (χ0) is 13.7. The summed E-state index contributed by atoms with van der Waals surface area (Å²) in [5, 5.41) is 11.7. The van der Waals surface area contributed by atoms with E-state index in [1.807, 2.05) is 6.26 Å². The van der Waals surface area contributed by atoms with Gasteiger partial charge in [-0.1, -0.05) is 63.8 Å². The van der Waals surface area contributed by atoms with Gasteiger partial charge in [0.25, 0.3) is 0 Å². The highest BCUT2D eigenvalue weighted by Crippen LogP contribution is 2.35. The van der Waals surface area contributed by atoms with Gasteiger partial charge in [-0.3, -0.25) is 0 Å². The molecular formula is C12H14BrN3S3. The third kappa shape index (κ3) is 4.46. The number of nitrogens with one attached hydrogen (secondary N) is 1. The van der Waals surface area contributed by atoms with E-state index in [-0.39, 0.29) is 0 Å². The summed E-state index contributed by atoms with van der Waals surface area (Å²) in [6, 6.07) is 6.35. The van der Waals surface area contributed by atoms with Crippen LogP contribution in [0.3, 0.4) is 0 Å². The quantitative estimate of drug-likeness (QED) is 0.762. The van der Waals surface area contributed by atoms with Crippen molar-refractivity contribution in [3.8, 4) is 0 Å². The van der Waals surface area contributed by atoms with E-state index < -0.39 is 0 Å². The van der Waals surface area contributed by atoms with Crippen molar-refractivity contribution in [1.82, 2.24) is 15.5 Å². The molecule has 7 heteroatoms. The summed E-state index contributed by atoms with van der Waals surface area (Å²) in [4.78, 5) is 1.22. The summed E-state index contributed by atoms with van der Waals surface area (Å²) in [5.41, 5.74) is 1.29. The zero-order valence-electron chi connectivity index (χ0n) is 10.6. The molecule has 1 aromatic heterocycles. The van der Waals surface area contributed by atoms with Gasteiger partial charge in [-0.25, -0.2) is 0 Å². The Bertz CT molecular complexity index is 545. The molecule has 0 atom stereocenters. The van der Waals surface area contributed by atoms with Gasteiger partial charge in [-0.05, 0) is 30.5 Å². The maximum absolute atomic E-state index is 4.21. The molecule has 19 heavy (non-hydrogen) atoms. The number of nitrogens with zero attached hydrogens (tertiary/aromatic N) is 2. The smallest absolute Gasteiger partial charge is 0.179 e. The Balaban J connectivity index is 2.19. The summed E-state index contributed by atoms with van der Waals surface area (Å²) < 4.78 is 3.08. The first-order chi connectivity index (χ1) is 9.22. The molecule has 0 radical (unpaired) electrons. The van der Waals surface area contributed by atoms with Crippen LogP contribution < -0.4 is 5.32 Å². The van der Waals surface area contributed by atoms with Crippen molar-refractivity contribution in [1.29, 1.82) is 0 Å². The van der Waals surface area contributed by atoms with Crippen molar-refractivity contribution < 1.29 is 0 Å². The average Bonchev–Trinajstić information content (AvgIpc) is 2.85. The number of thioether (sulfide) groups is 1. The molecule has 0 saturated heterocycles. The van der Waals surface area contributed by atoms with Crippen LogP contribution in [-0.4, -0.2) is 23.0 Å². The van der Waals surface area contributed by atoms with E-state index in [4.69, 9.17) is 0 Å². The lowest BCUT2D eigenvalue weighted by Gasteiger charge is -2.08. The van der Waals surface area contributed by atoms with Crippen molar-refractivity contribution in [3.05, 3.63) is 28.2 Å². The van der Waals surface area contributed by atoms with Crippen molar-refractivity contribution in [2.45, 2.75) is 27.0 Å².